The number of hydrogen-bond acceptors (Lipinski definition) is 7. The molecule has 2 aromatic rings. The van der Waals surface area contributed by atoms with Gasteiger partial charge in [-0.15, -0.1) is 0 Å². The monoisotopic (exact) mass is 601 g/mol. The minimum atomic E-state index is -1.37. The van der Waals surface area contributed by atoms with Crippen LogP contribution in [0.5, 0.6) is 0 Å². The number of morpholine rings is 1. The predicted molar refractivity (Wildman–Crippen MR) is 137 cm³/mol. The molecule has 2 N–H and O–H groups in total. The third-order valence-corrected chi connectivity index (χ3v) is 8.91. The van der Waals surface area contributed by atoms with Gasteiger partial charge in [-0.05, 0) is 0 Å². The van der Waals surface area contributed by atoms with Crippen LogP contribution in [0.4, 0.5) is 20.6 Å². The number of carbonyl (C=O) groups excluding carboxylic acids is 4. The average Bonchev–Trinajstić information content (AvgIpc) is 3.23. The van der Waals surface area contributed by atoms with Crippen LogP contribution in [-0.2, 0) is 19.1 Å². The van der Waals surface area contributed by atoms with Crippen LogP contribution in [0, 0.1) is 5.82 Å². The van der Waals surface area contributed by atoms with Crippen molar-refractivity contribution in [3.8, 4) is 0 Å². The molecule has 2 heterocycles. The number of hydrogen-bond donors (Lipinski definition) is 2. The van der Waals surface area contributed by atoms with E-state index in [1.165, 1.54) is 17.0 Å². The summed E-state index contributed by atoms with van der Waals surface area (Å²) < 4.78 is 25.5. The van der Waals surface area contributed by atoms with Crippen LogP contribution in [0.1, 0.15) is 30.4 Å². The van der Waals surface area contributed by atoms with Gasteiger partial charge in [0.15, 0.2) is 0 Å². The number of rotatable bonds is 8. The van der Waals surface area contributed by atoms with Gasteiger partial charge < -0.3 is 0 Å². The third-order valence-electron chi connectivity index (χ3n) is 4.78. The van der Waals surface area contributed by atoms with Crippen molar-refractivity contribution in [2.45, 2.75) is 37.6 Å². The van der Waals surface area contributed by atoms with Crippen LogP contribution in [-0.4, -0.2) is 69.6 Å². The standard InChI is InChI=1S/C23H26AsClFN3O6S/c1-23(2,3)35-22(33)28-16(11-24-20(31)17-6-7-18(25)36-17)21(32)27-15-5-4-13(10-14(15)26)29-8-9-34-12-19(29)30/h4-7,10,16,24H,8-9,11-12H2,1-3H3,(H,27,32)(H,28,33). The molecule has 1 aromatic carbocycles. The molecular weight excluding hydrogens is 576 g/mol. The Balaban J connectivity index is 1.71. The molecule has 0 aliphatic carbocycles. The number of halogens is 2. The van der Waals surface area contributed by atoms with Gasteiger partial charge >= 0.3 is 224 Å². The van der Waals surface area contributed by atoms with Gasteiger partial charge in [-0.25, -0.2) is 0 Å². The molecule has 3 rings (SSSR count). The molecule has 0 radical (unpaired) electrons. The van der Waals surface area contributed by atoms with Crippen LogP contribution >= 0.6 is 22.9 Å². The molecule has 13 heteroatoms. The summed E-state index contributed by atoms with van der Waals surface area (Å²) in [5, 5.41) is 5.02. The Hall–Kier alpha value is -2.46. The van der Waals surface area contributed by atoms with Crippen LogP contribution in [0.25, 0.3) is 0 Å². The number of alkyl carbamates (subject to hydrolysis) is 1. The maximum atomic E-state index is 14.8. The normalized spacial score (nSPS) is 15.1. The molecular formula is C23H26AsClFN3O6S. The van der Waals surface area contributed by atoms with Gasteiger partial charge in [0.25, 0.3) is 0 Å². The molecule has 0 bridgehead atoms. The quantitative estimate of drug-likeness (QED) is 0.448. The molecule has 0 saturated carbocycles. The summed E-state index contributed by atoms with van der Waals surface area (Å²) in [4.78, 5) is 51.8. The fraction of sp³-hybridized carbons (Fsp3) is 0.391. The Labute approximate surface area is 223 Å². The van der Waals surface area contributed by atoms with E-state index in [0.29, 0.717) is 28.1 Å². The number of nitrogens with one attached hydrogen (secondary N) is 2. The van der Waals surface area contributed by atoms with E-state index >= 15 is 0 Å². The summed E-state index contributed by atoms with van der Waals surface area (Å²) in [6.07, 6.45) is -0.831. The summed E-state index contributed by atoms with van der Waals surface area (Å²) in [7, 11) is 0. The van der Waals surface area contributed by atoms with E-state index in [0.717, 1.165) is 17.4 Å². The molecule has 36 heavy (non-hydrogen) atoms. The molecule has 3 amide bonds. The van der Waals surface area contributed by atoms with Crippen molar-refractivity contribution in [1.29, 1.82) is 0 Å². The van der Waals surface area contributed by atoms with Crippen molar-refractivity contribution in [3.63, 3.8) is 0 Å². The van der Waals surface area contributed by atoms with Crippen LogP contribution in [0.3, 0.4) is 0 Å². The first-order valence-electron chi connectivity index (χ1n) is 10.9. The number of amides is 3. The maximum absolute atomic E-state index is 14.8. The molecule has 1 fully saturated rings. The summed E-state index contributed by atoms with van der Waals surface area (Å²) in [5.41, 5.74) is -0.588. The number of thiophene rings is 1. The van der Waals surface area contributed by atoms with Crippen LogP contribution < -0.4 is 15.5 Å². The topological polar surface area (TPSA) is 114 Å². The first kappa shape index (κ1) is 28.1. The second-order valence-electron chi connectivity index (χ2n) is 8.76. The minimum absolute atomic E-state index is 0.0708. The first-order valence-corrected chi connectivity index (χ1v) is 14.7. The SMILES string of the molecule is CC(C)(C)OC(=O)NC(C[AsH]C(=O)c1ccc(Cl)s1)C(=O)Nc1ccc(N2CCOCC2=O)cc1F. The summed E-state index contributed by atoms with van der Waals surface area (Å²) in [6.45, 7) is 5.57. The second-order valence-corrected chi connectivity index (χ2v) is 13.0. The Morgan fingerprint density at radius 2 is 2.03 bits per heavy atom. The number of carbonyl (C=O) groups is 4. The molecule has 1 saturated heterocycles. The zero-order valence-electron chi connectivity index (χ0n) is 19.9. The number of benzene rings is 1. The molecule has 1 aliphatic rings. The first-order chi connectivity index (χ1) is 16.9. The van der Waals surface area contributed by atoms with E-state index < -0.39 is 45.2 Å². The van der Waals surface area contributed by atoms with E-state index in [1.807, 2.05) is 0 Å². The van der Waals surface area contributed by atoms with E-state index in [2.05, 4.69) is 10.6 Å². The zero-order chi connectivity index (χ0) is 26.5. The van der Waals surface area contributed by atoms with Crippen molar-refractivity contribution in [1.82, 2.24) is 5.32 Å². The number of anilines is 2. The van der Waals surface area contributed by atoms with Crippen molar-refractivity contribution >= 4 is 72.5 Å². The van der Waals surface area contributed by atoms with Gasteiger partial charge in [0.2, 0.25) is 0 Å². The summed E-state index contributed by atoms with van der Waals surface area (Å²) in [6, 6.07) is 6.10. The Morgan fingerprint density at radius 1 is 1.28 bits per heavy atom. The van der Waals surface area contributed by atoms with Gasteiger partial charge in [-0.1, -0.05) is 0 Å². The predicted octanol–water partition coefficient (Wildman–Crippen LogP) is 3.43. The molecule has 9 nitrogen and oxygen atoms in total. The summed E-state index contributed by atoms with van der Waals surface area (Å²) in [5.74, 6) is -1.74. The van der Waals surface area contributed by atoms with Gasteiger partial charge in [-0.2, -0.15) is 0 Å². The van der Waals surface area contributed by atoms with Crippen molar-refractivity contribution in [2.75, 3.05) is 30.0 Å². The fourth-order valence-electron chi connectivity index (χ4n) is 3.16. The fourth-order valence-corrected chi connectivity index (χ4v) is 6.71. The van der Waals surface area contributed by atoms with E-state index in [-0.39, 0.29) is 28.0 Å². The summed E-state index contributed by atoms with van der Waals surface area (Å²) >= 11 is 5.67. The van der Waals surface area contributed by atoms with E-state index in [1.54, 1.807) is 32.9 Å². The van der Waals surface area contributed by atoms with E-state index in [9.17, 15) is 23.6 Å². The molecule has 0 spiro atoms. The third kappa shape index (κ3) is 8.03. The van der Waals surface area contributed by atoms with Gasteiger partial charge in [-0.3, -0.25) is 0 Å². The molecule has 2 unspecified atom stereocenters. The van der Waals surface area contributed by atoms with Crippen molar-refractivity contribution in [3.05, 3.63) is 45.4 Å². The van der Waals surface area contributed by atoms with Gasteiger partial charge in [0, 0.05) is 0 Å². The Kier molecular flexibility index (Phi) is 9.52. The van der Waals surface area contributed by atoms with Crippen LogP contribution in [0.15, 0.2) is 30.3 Å². The second kappa shape index (κ2) is 12.2. The van der Waals surface area contributed by atoms with Crippen molar-refractivity contribution < 1.29 is 33.0 Å². The molecule has 1 aliphatic heterocycles. The van der Waals surface area contributed by atoms with Crippen LogP contribution in [0.2, 0.25) is 9.54 Å². The van der Waals surface area contributed by atoms with Gasteiger partial charge in [0.1, 0.15) is 0 Å². The Bertz CT molecular complexity index is 1160. The Morgan fingerprint density at radius 3 is 2.64 bits per heavy atom. The number of ether oxygens (including phenoxy) is 2. The van der Waals surface area contributed by atoms with Crippen molar-refractivity contribution in [2.24, 2.45) is 0 Å². The molecule has 1 aromatic heterocycles. The molecule has 2 atom stereocenters. The zero-order valence-corrected chi connectivity index (χ0v) is 23.5. The van der Waals surface area contributed by atoms with Gasteiger partial charge in [0.05, 0.1) is 0 Å². The number of nitrogens with zero attached hydrogens (tertiary/aromatic N) is 1. The molecule has 194 valence electrons. The van der Waals surface area contributed by atoms with E-state index in [4.69, 9.17) is 21.1 Å². The average molecular weight is 602 g/mol.